The molecule has 0 saturated carbocycles. The van der Waals surface area contributed by atoms with Crippen molar-refractivity contribution in [1.82, 2.24) is 0 Å². The van der Waals surface area contributed by atoms with Gasteiger partial charge in [0, 0.05) is 11.5 Å². The third kappa shape index (κ3) is 8.63. The second-order valence-electron chi connectivity index (χ2n) is 8.50. The Balaban J connectivity index is 2.32. The van der Waals surface area contributed by atoms with Crippen molar-refractivity contribution < 1.29 is 38.3 Å². The summed E-state index contributed by atoms with van der Waals surface area (Å²) in [6.07, 6.45) is 6.50. The highest BCUT2D eigenvalue weighted by Gasteiger charge is 2.31. The second-order valence-corrected chi connectivity index (χ2v) is 9.65. The molecule has 9 heteroatoms. The van der Waals surface area contributed by atoms with Crippen LogP contribution in [0, 0.1) is 5.92 Å². The molecule has 1 aliphatic carbocycles. The van der Waals surface area contributed by atoms with Gasteiger partial charge in [0.15, 0.2) is 0 Å². The average molecular weight is 480 g/mol. The normalized spacial score (nSPS) is 18.5. The van der Waals surface area contributed by atoms with Crippen LogP contribution in [0.25, 0.3) is 0 Å². The summed E-state index contributed by atoms with van der Waals surface area (Å²) in [6, 6.07) is 3.45. The van der Waals surface area contributed by atoms with Crippen LogP contribution in [0.15, 0.2) is 35.9 Å². The zero-order valence-corrected chi connectivity index (χ0v) is 20.4. The fourth-order valence-electron chi connectivity index (χ4n) is 4.11. The molecule has 1 N–H and O–H groups in total. The summed E-state index contributed by atoms with van der Waals surface area (Å²) in [5.74, 6) is 0.0726. The molecule has 33 heavy (non-hydrogen) atoms. The van der Waals surface area contributed by atoms with Crippen LogP contribution in [0.4, 0.5) is 4.79 Å². The fourth-order valence-corrected chi connectivity index (χ4v) is 4.41. The summed E-state index contributed by atoms with van der Waals surface area (Å²) in [6.45, 7) is 9.11. The van der Waals surface area contributed by atoms with Gasteiger partial charge in [-0.2, -0.15) is 0 Å². The Bertz CT molecular complexity index is 917. The van der Waals surface area contributed by atoms with Crippen molar-refractivity contribution >= 4 is 14.0 Å². The molecule has 1 aliphatic rings. The minimum absolute atomic E-state index is 0.0379. The Morgan fingerprint density at radius 1 is 1.27 bits per heavy atom. The number of benzene rings is 1. The molecule has 8 nitrogen and oxygen atoms in total. The number of aromatic hydroxyl groups is 1. The summed E-state index contributed by atoms with van der Waals surface area (Å²) >= 11 is 0. The number of allylic oxidation sites excluding steroid dienone is 3. The molecule has 1 aromatic carbocycles. The van der Waals surface area contributed by atoms with Gasteiger partial charge in [0.2, 0.25) is 0 Å². The summed E-state index contributed by atoms with van der Waals surface area (Å²) < 4.78 is 24.9. The molecule has 0 bridgehead atoms. The van der Waals surface area contributed by atoms with Gasteiger partial charge >= 0.3 is 6.16 Å². The average Bonchev–Trinajstić information content (AvgIpc) is 2.70. The molecule has 184 valence electrons. The van der Waals surface area contributed by atoms with Crippen molar-refractivity contribution in [3.63, 3.8) is 0 Å². The smallest absolute Gasteiger partial charge is 0.513 e. The van der Waals surface area contributed by atoms with Gasteiger partial charge < -0.3 is 33.5 Å². The van der Waals surface area contributed by atoms with E-state index in [0.29, 0.717) is 12.0 Å². The van der Waals surface area contributed by atoms with Gasteiger partial charge in [-0.1, -0.05) is 43.6 Å². The van der Waals surface area contributed by atoms with Crippen LogP contribution in [0.2, 0.25) is 0 Å². The van der Waals surface area contributed by atoms with Gasteiger partial charge in [-0.05, 0) is 63.1 Å². The van der Waals surface area contributed by atoms with Gasteiger partial charge in [0.05, 0.1) is 14.4 Å². The number of phosphoric ester groups is 1. The van der Waals surface area contributed by atoms with Gasteiger partial charge in [-0.3, -0.25) is 0 Å². The van der Waals surface area contributed by atoms with E-state index in [2.05, 4.69) is 24.1 Å². The van der Waals surface area contributed by atoms with Gasteiger partial charge in [0.25, 0.3) is 0 Å². The first kappa shape index (κ1) is 27.1. The minimum Gasteiger partial charge on any atom is -0.790 e. The van der Waals surface area contributed by atoms with Crippen molar-refractivity contribution in [3.8, 4) is 11.5 Å². The highest BCUT2D eigenvalue weighted by molar-refractivity contribution is 7.43. The van der Waals surface area contributed by atoms with Crippen molar-refractivity contribution in [3.05, 3.63) is 47.1 Å². The number of phenolic OH excluding ortho intramolecular Hbond substituents is 1. The van der Waals surface area contributed by atoms with Gasteiger partial charge in [0.1, 0.15) is 18.1 Å². The van der Waals surface area contributed by atoms with E-state index in [-0.39, 0.29) is 23.3 Å². The quantitative estimate of drug-likeness (QED) is 0.161. The SMILES string of the molecule is C=C(C)[C@@H]1CCC(C)=C[C@H]1c1c(O)cc(CCCCC)cc1OC(=O)OCCOP(=O)([O-])[O-]. The number of carbonyl (C=O) groups excluding carboxylic acids is 1. The maximum atomic E-state index is 12.3. The Morgan fingerprint density at radius 2 is 2.00 bits per heavy atom. The molecular formula is C24H33O8P-2. The number of hydrogen-bond acceptors (Lipinski definition) is 8. The van der Waals surface area contributed by atoms with Gasteiger partial charge in [-0.15, -0.1) is 0 Å². The van der Waals surface area contributed by atoms with Crippen LogP contribution in [0.5, 0.6) is 11.5 Å². The lowest BCUT2D eigenvalue weighted by molar-refractivity contribution is -0.342. The monoisotopic (exact) mass is 480 g/mol. The lowest BCUT2D eigenvalue weighted by Gasteiger charge is -2.32. The second kappa shape index (κ2) is 12.4. The van der Waals surface area contributed by atoms with E-state index in [1.807, 2.05) is 13.8 Å². The number of hydrogen-bond donors (Lipinski definition) is 1. The Labute approximate surface area is 195 Å². The lowest BCUT2D eigenvalue weighted by atomic mass is 9.73. The standard InChI is InChI=1S/C24H35O8P/c1-5-6-7-8-18-14-21(25)23(20-13-17(4)9-10-19(20)16(2)3)22(15-18)32-24(26)30-11-12-31-33(27,28)29/h13-15,19-20,25H,2,5-12H2,1,3-4H3,(H2,27,28,29)/p-2/t19-,20+/m0/s1. The zero-order chi connectivity index (χ0) is 24.6. The largest absolute Gasteiger partial charge is 0.790 e. The van der Waals surface area contributed by atoms with Crippen LogP contribution < -0.4 is 14.5 Å². The molecule has 0 fully saturated rings. The van der Waals surface area contributed by atoms with E-state index in [9.17, 15) is 24.3 Å². The third-order valence-electron chi connectivity index (χ3n) is 5.71. The van der Waals surface area contributed by atoms with Crippen molar-refractivity contribution in [1.29, 1.82) is 0 Å². The van der Waals surface area contributed by atoms with Crippen molar-refractivity contribution in [2.45, 2.75) is 65.2 Å². The predicted octanol–water partition coefficient (Wildman–Crippen LogP) is 4.50. The van der Waals surface area contributed by atoms with E-state index in [4.69, 9.17) is 9.47 Å². The molecule has 0 radical (unpaired) electrons. The van der Waals surface area contributed by atoms with E-state index in [1.54, 1.807) is 12.1 Å². The van der Waals surface area contributed by atoms with E-state index in [1.165, 1.54) is 5.57 Å². The van der Waals surface area contributed by atoms with E-state index in [0.717, 1.165) is 43.2 Å². The highest BCUT2D eigenvalue weighted by atomic mass is 31.2. The first-order chi connectivity index (χ1) is 15.5. The van der Waals surface area contributed by atoms with Crippen LogP contribution >= 0.6 is 7.82 Å². The Kier molecular flexibility index (Phi) is 10.2. The molecule has 1 aromatic rings. The van der Waals surface area contributed by atoms with Gasteiger partial charge in [-0.25, -0.2) is 4.79 Å². The number of phosphoric acid groups is 1. The zero-order valence-electron chi connectivity index (χ0n) is 19.5. The minimum atomic E-state index is -5.15. The predicted molar refractivity (Wildman–Crippen MR) is 121 cm³/mol. The van der Waals surface area contributed by atoms with Crippen molar-refractivity contribution in [2.75, 3.05) is 13.2 Å². The molecule has 2 rings (SSSR count). The molecule has 0 unspecified atom stereocenters. The van der Waals surface area contributed by atoms with Crippen LogP contribution in [0.3, 0.4) is 0 Å². The Hall–Kier alpha value is -2.12. The summed E-state index contributed by atoms with van der Waals surface area (Å²) in [5.41, 5.74) is 3.46. The first-order valence-electron chi connectivity index (χ1n) is 11.2. The maximum absolute atomic E-state index is 12.3. The molecule has 0 aliphatic heterocycles. The summed E-state index contributed by atoms with van der Waals surface area (Å²) in [7, 11) is -5.15. The Morgan fingerprint density at radius 3 is 2.64 bits per heavy atom. The number of phenols is 1. The van der Waals surface area contributed by atoms with E-state index >= 15 is 0 Å². The van der Waals surface area contributed by atoms with Crippen LogP contribution in [-0.4, -0.2) is 24.5 Å². The third-order valence-corrected chi connectivity index (χ3v) is 6.21. The lowest BCUT2D eigenvalue weighted by Crippen LogP contribution is -2.21. The molecule has 2 atom stereocenters. The molecule has 0 spiro atoms. The van der Waals surface area contributed by atoms with Crippen molar-refractivity contribution in [2.24, 2.45) is 5.92 Å². The summed E-state index contributed by atoms with van der Waals surface area (Å²) in [4.78, 5) is 33.3. The number of unbranched alkanes of at least 4 members (excludes halogenated alkanes) is 2. The number of aryl methyl sites for hydroxylation is 1. The fraction of sp³-hybridized carbons (Fsp3) is 0.542. The molecule has 0 aromatic heterocycles. The molecule has 0 saturated heterocycles. The first-order valence-corrected chi connectivity index (χ1v) is 12.7. The number of rotatable bonds is 11. The van der Waals surface area contributed by atoms with E-state index < -0.39 is 27.2 Å². The van der Waals surface area contributed by atoms with Crippen LogP contribution in [-0.2, 0) is 20.2 Å². The summed E-state index contributed by atoms with van der Waals surface area (Å²) in [5, 5.41) is 11.0. The number of ether oxygens (including phenoxy) is 2. The molecule has 0 heterocycles. The maximum Gasteiger partial charge on any atom is 0.513 e. The molecular weight excluding hydrogens is 447 g/mol. The number of carbonyl (C=O) groups is 1. The highest BCUT2D eigenvalue weighted by Crippen LogP contribution is 2.47. The van der Waals surface area contributed by atoms with Crippen LogP contribution in [0.1, 0.15) is 69.9 Å². The molecule has 0 amide bonds. The topological polar surface area (TPSA) is 128 Å².